The van der Waals surface area contributed by atoms with E-state index in [1.54, 1.807) is 6.07 Å². The number of benzene rings is 3. The zero-order valence-electron chi connectivity index (χ0n) is 11.8. The third kappa shape index (κ3) is 2.88. The molecule has 0 spiro atoms. The molecular formula is C18H15O3P. The van der Waals surface area contributed by atoms with Gasteiger partial charge in [-0.05, 0) is 22.8 Å². The van der Waals surface area contributed by atoms with Gasteiger partial charge in [-0.1, -0.05) is 72.8 Å². The van der Waals surface area contributed by atoms with E-state index in [4.69, 9.17) is 0 Å². The van der Waals surface area contributed by atoms with Crippen molar-refractivity contribution in [3.63, 3.8) is 0 Å². The topological polar surface area (TPSA) is 57.5 Å². The number of hydrogen-bond donors (Lipinski definition) is 2. The van der Waals surface area contributed by atoms with E-state index in [-0.39, 0.29) is 5.30 Å². The summed E-state index contributed by atoms with van der Waals surface area (Å²) in [4.78, 5) is 19.4. The molecule has 3 aromatic carbocycles. The molecule has 0 atom stereocenters. The van der Waals surface area contributed by atoms with Crippen LogP contribution < -0.4 is 5.30 Å². The largest absolute Gasteiger partial charge is 0.356 e. The lowest BCUT2D eigenvalue weighted by molar-refractivity contribution is 0.387. The quantitative estimate of drug-likeness (QED) is 0.723. The van der Waals surface area contributed by atoms with Crippen LogP contribution in [0.25, 0.3) is 22.3 Å². The van der Waals surface area contributed by atoms with E-state index in [1.807, 2.05) is 66.7 Å². The fraction of sp³-hybridized carbons (Fsp3) is 0. The Morgan fingerprint density at radius 2 is 1.18 bits per heavy atom. The SMILES string of the molecule is O=P(O)(O)c1cccc(-c2ccccc2)c1-c1ccccc1. The highest BCUT2D eigenvalue weighted by atomic mass is 31.2. The van der Waals surface area contributed by atoms with Gasteiger partial charge in [-0.25, -0.2) is 0 Å². The van der Waals surface area contributed by atoms with Crippen molar-refractivity contribution < 1.29 is 14.4 Å². The van der Waals surface area contributed by atoms with Crippen LogP contribution in [0.2, 0.25) is 0 Å². The summed E-state index contributed by atoms with van der Waals surface area (Å²) in [6, 6.07) is 24.0. The van der Waals surface area contributed by atoms with Gasteiger partial charge < -0.3 is 9.79 Å². The summed E-state index contributed by atoms with van der Waals surface area (Å²) in [7, 11) is -4.37. The van der Waals surface area contributed by atoms with E-state index in [1.165, 1.54) is 6.07 Å². The van der Waals surface area contributed by atoms with Gasteiger partial charge in [-0.15, -0.1) is 0 Å². The molecule has 22 heavy (non-hydrogen) atoms. The fourth-order valence-electron chi connectivity index (χ4n) is 2.55. The van der Waals surface area contributed by atoms with Gasteiger partial charge >= 0.3 is 7.60 Å². The molecule has 0 amide bonds. The van der Waals surface area contributed by atoms with E-state index in [2.05, 4.69) is 0 Å². The van der Waals surface area contributed by atoms with Crippen LogP contribution in [0.1, 0.15) is 0 Å². The smallest absolute Gasteiger partial charge is 0.321 e. The van der Waals surface area contributed by atoms with Crippen LogP contribution >= 0.6 is 7.60 Å². The second kappa shape index (κ2) is 5.90. The van der Waals surface area contributed by atoms with Gasteiger partial charge in [0.25, 0.3) is 0 Å². The molecule has 0 bridgehead atoms. The normalized spacial score (nSPS) is 11.4. The van der Waals surface area contributed by atoms with Crippen LogP contribution in [0.3, 0.4) is 0 Å². The lowest BCUT2D eigenvalue weighted by Crippen LogP contribution is -2.09. The summed E-state index contributed by atoms with van der Waals surface area (Å²) < 4.78 is 11.9. The van der Waals surface area contributed by atoms with Gasteiger partial charge in [0, 0.05) is 5.56 Å². The summed E-state index contributed by atoms with van der Waals surface area (Å²) in [5, 5.41) is 0.0556. The monoisotopic (exact) mass is 310 g/mol. The van der Waals surface area contributed by atoms with Gasteiger partial charge in [0.2, 0.25) is 0 Å². The first-order valence-corrected chi connectivity index (χ1v) is 8.48. The highest BCUT2D eigenvalue weighted by molar-refractivity contribution is 7.60. The Kier molecular flexibility index (Phi) is 3.95. The van der Waals surface area contributed by atoms with Crippen molar-refractivity contribution in [1.29, 1.82) is 0 Å². The molecule has 110 valence electrons. The van der Waals surface area contributed by atoms with E-state index in [0.717, 1.165) is 16.7 Å². The molecule has 0 fully saturated rings. The van der Waals surface area contributed by atoms with E-state index < -0.39 is 7.60 Å². The zero-order chi connectivity index (χ0) is 15.6. The van der Waals surface area contributed by atoms with Crippen LogP contribution in [0, 0.1) is 0 Å². The van der Waals surface area contributed by atoms with E-state index in [0.29, 0.717) is 5.56 Å². The standard InChI is InChI=1S/C18H15O3P/c19-22(20,21)17-13-7-12-16(14-8-3-1-4-9-14)18(17)15-10-5-2-6-11-15/h1-13H,(H2,19,20,21). The second-order valence-corrected chi connectivity index (χ2v) is 6.55. The zero-order valence-corrected chi connectivity index (χ0v) is 12.6. The molecule has 0 radical (unpaired) electrons. The van der Waals surface area contributed by atoms with Crippen LogP contribution in [-0.2, 0) is 4.57 Å². The van der Waals surface area contributed by atoms with Gasteiger partial charge in [-0.3, -0.25) is 4.57 Å². The molecule has 3 nitrogen and oxygen atoms in total. The van der Waals surface area contributed by atoms with E-state index in [9.17, 15) is 14.4 Å². The van der Waals surface area contributed by atoms with Crippen LogP contribution in [0.5, 0.6) is 0 Å². The molecule has 0 heterocycles. The van der Waals surface area contributed by atoms with Gasteiger partial charge in [-0.2, -0.15) is 0 Å². The number of hydrogen-bond acceptors (Lipinski definition) is 1. The van der Waals surface area contributed by atoms with Crippen molar-refractivity contribution in [2.45, 2.75) is 0 Å². The Morgan fingerprint density at radius 1 is 0.636 bits per heavy atom. The van der Waals surface area contributed by atoms with Crippen LogP contribution in [0.15, 0.2) is 78.9 Å². The fourth-order valence-corrected chi connectivity index (χ4v) is 3.37. The molecule has 3 rings (SSSR count). The molecule has 4 heteroatoms. The minimum Gasteiger partial charge on any atom is -0.321 e. The Hall–Kier alpha value is -2.19. The van der Waals surface area contributed by atoms with Crippen molar-refractivity contribution in [2.24, 2.45) is 0 Å². The third-order valence-electron chi connectivity index (χ3n) is 3.50. The molecular weight excluding hydrogens is 295 g/mol. The molecule has 0 saturated carbocycles. The van der Waals surface area contributed by atoms with Crippen LogP contribution in [0.4, 0.5) is 0 Å². The highest BCUT2D eigenvalue weighted by Crippen LogP contribution is 2.41. The highest BCUT2D eigenvalue weighted by Gasteiger charge is 2.24. The first kappa shape index (κ1) is 14.7. The van der Waals surface area contributed by atoms with Crippen molar-refractivity contribution >= 4 is 12.9 Å². The molecule has 0 aliphatic rings. The van der Waals surface area contributed by atoms with Gasteiger partial charge in [0.15, 0.2) is 0 Å². The molecule has 0 unspecified atom stereocenters. The Balaban J connectivity index is 2.35. The second-order valence-electron chi connectivity index (χ2n) is 4.98. The summed E-state index contributed by atoms with van der Waals surface area (Å²) in [6.07, 6.45) is 0. The maximum absolute atomic E-state index is 11.9. The number of rotatable bonds is 3. The molecule has 0 aromatic heterocycles. The third-order valence-corrected chi connectivity index (χ3v) is 4.50. The summed E-state index contributed by atoms with van der Waals surface area (Å²) in [5.41, 5.74) is 3.12. The predicted molar refractivity (Wildman–Crippen MR) is 89.0 cm³/mol. The minimum absolute atomic E-state index is 0.0556. The summed E-state index contributed by atoms with van der Waals surface area (Å²) in [5.74, 6) is 0. The van der Waals surface area contributed by atoms with Crippen molar-refractivity contribution in [2.75, 3.05) is 0 Å². The first-order valence-electron chi connectivity index (χ1n) is 6.87. The summed E-state index contributed by atoms with van der Waals surface area (Å²) >= 11 is 0. The molecule has 0 aliphatic heterocycles. The maximum Gasteiger partial charge on any atom is 0.356 e. The first-order chi connectivity index (χ1) is 10.6. The predicted octanol–water partition coefficient (Wildman–Crippen LogP) is 3.82. The molecule has 0 saturated heterocycles. The minimum atomic E-state index is -4.37. The lowest BCUT2D eigenvalue weighted by atomic mass is 9.94. The van der Waals surface area contributed by atoms with Crippen molar-refractivity contribution in [3.8, 4) is 22.3 Å². The maximum atomic E-state index is 11.9. The van der Waals surface area contributed by atoms with Crippen molar-refractivity contribution in [1.82, 2.24) is 0 Å². The Morgan fingerprint density at radius 3 is 1.73 bits per heavy atom. The van der Waals surface area contributed by atoms with E-state index >= 15 is 0 Å². The summed E-state index contributed by atoms with van der Waals surface area (Å²) in [6.45, 7) is 0. The molecule has 3 aromatic rings. The average Bonchev–Trinajstić information content (AvgIpc) is 2.55. The molecule has 0 aliphatic carbocycles. The van der Waals surface area contributed by atoms with Gasteiger partial charge in [0.1, 0.15) is 0 Å². The average molecular weight is 310 g/mol. The Bertz CT molecular complexity index is 823. The lowest BCUT2D eigenvalue weighted by Gasteiger charge is -2.16. The van der Waals surface area contributed by atoms with Crippen molar-refractivity contribution in [3.05, 3.63) is 78.9 Å². The van der Waals surface area contributed by atoms with Gasteiger partial charge in [0.05, 0.1) is 5.30 Å². The van der Waals surface area contributed by atoms with Crippen LogP contribution in [-0.4, -0.2) is 9.79 Å². The molecule has 2 N–H and O–H groups in total. The Labute approximate surface area is 129 Å².